The summed E-state index contributed by atoms with van der Waals surface area (Å²) < 4.78 is 33.1. The van der Waals surface area contributed by atoms with Crippen LogP contribution in [0.3, 0.4) is 0 Å². The molecule has 124 valence electrons. The van der Waals surface area contributed by atoms with E-state index in [0.717, 1.165) is 15.6 Å². The van der Waals surface area contributed by atoms with Crippen LogP contribution in [0.2, 0.25) is 0 Å². The van der Waals surface area contributed by atoms with Crippen LogP contribution in [-0.2, 0) is 23.0 Å². The zero-order chi connectivity index (χ0) is 16.7. The summed E-state index contributed by atoms with van der Waals surface area (Å²) >= 11 is 2.21. The van der Waals surface area contributed by atoms with E-state index < -0.39 is 10.0 Å². The predicted octanol–water partition coefficient (Wildman–Crippen LogP) is 3.35. The molecular formula is C17H20INO3S. The molecule has 0 fully saturated rings. The van der Waals surface area contributed by atoms with Crippen molar-refractivity contribution in [2.75, 3.05) is 12.4 Å². The minimum atomic E-state index is -3.35. The van der Waals surface area contributed by atoms with Crippen molar-refractivity contribution in [3.63, 3.8) is 0 Å². The van der Waals surface area contributed by atoms with E-state index in [9.17, 15) is 8.42 Å². The molecular weight excluding hydrogens is 425 g/mol. The molecule has 0 aliphatic rings. The SMILES string of the molecule is CCc1ccc(OCCS(=O)(=O)NCc2ccc(I)cc2)cc1. The molecule has 0 unspecified atom stereocenters. The van der Waals surface area contributed by atoms with Crippen molar-refractivity contribution in [1.29, 1.82) is 0 Å². The van der Waals surface area contributed by atoms with Gasteiger partial charge in [0.05, 0.1) is 5.75 Å². The Morgan fingerprint density at radius 3 is 2.22 bits per heavy atom. The Morgan fingerprint density at radius 1 is 1.00 bits per heavy atom. The van der Waals surface area contributed by atoms with Crippen LogP contribution in [-0.4, -0.2) is 20.8 Å². The van der Waals surface area contributed by atoms with Gasteiger partial charge in [-0.1, -0.05) is 31.2 Å². The molecule has 2 aromatic rings. The van der Waals surface area contributed by atoms with Crippen LogP contribution in [0.5, 0.6) is 5.75 Å². The summed E-state index contributed by atoms with van der Waals surface area (Å²) in [4.78, 5) is 0. The van der Waals surface area contributed by atoms with Gasteiger partial charge in [0.15, 0.2) is 0 Å². The highest BCUT2D eigenvalue weighted by Crippen LogP contribution is 2.12. The van der Waals surface area contributed by atoms with Gasteiger partial charge in [-0.25, -0.2) is 13.1 Å². The third-order valence-electron chi connectivity index (χ3n) is 3.36. The van der Waals surface area contributed by atoms with E-state index in [1.165, 1.54) is 5.56 Å². The van der Waals surface area contributed by atoms with Crippen molar-refractivity contribution >= 4 is 32.6 Å². The number of hydrogen-bond acceptors (Lipinski definition) is 3. The van der Waals surface area contributed by atoms with E-state index >= 15 is 0 Å². The van der Waals surface area contributed by atoms with E-state index in [4.69, 9.17) is 4.74 Å². The highest BCUT2D eigenvalue weighted by Gasteiger charge is 2.10. The van der Waals surface area contributed by atoms with Crippen LogP contribution >= 0.6 is 22.6 Å². The fraction of sp³-hybridized carbons (Fsp3) is 0.294. The summed E-state index contributed by atoms with van der Waals surface area (Å²) in [6.45, 7) is 2.51. The summed E-state index contributed by atoms with van der Waals surface area (Å²) in [5, 5.41) is 0. The summed E-state index contributed by atoms with van der Waals surface area (Å²) in [7, 11) is -3.35. The first-order valence-corrected chi connectivity index (χ1v) is 10.1. The number of ether oxygens (including phenoxy) is 1. The maximum absolute atomic E-state index is 12.0. The lowest BCUT2D eigenvalue weighted by Gasteiger charge is -2.09. The van der Waals surface area contributed by atoms with E-state index in [0.29, 0.717) is 12.3 Å². The second-order valence-electron chi connectivity index (χ2n) is 5.11. The Bertz CT molecular complexity index is 713. The van der Waals surface area contributed by atoms with Crippen molar-refractivity contribution in [1.82, 2.24) is 4.72 Å². The standard InChI is InChI=1S/C17H20INO3S/c1-2-14-5-9-17(10-6-14)22-11-12-23(20,21)19-13-15-3-7-16(18)8-4-15/h3-10,19H,2,11-13H2,1H3. The Morgan fingerprint density at radius 2 is 1.61 bits per heavy atom. The van der Waals surface area contributed by atoms with Crippen LogP contribution in [0.4, 0.5) is 0 Å². The van der Waals surface area contributed by atoms with Crippen molar-refractivity contribution in [2.45, 2.75) is 19.9 Å². The highest BCUT2D eigenvalue weighted by atomic mass is 127. The average molecular weight is 445 g/mol. The second-order valence-corrected chi connectivity index (χ2v) is 8.28. The molecule has 2 aromatic carbocycles. The molecule has 23 heavy (non-hydrogen) atoms. The van der Waals surface area contributed by atoms with Crippen molar-refractivity contribution in [3.8, 4) is 5.75 Å². The number of halogens is 1. The van der Waals surface area contributed by atoms with E-state index in [1.807, 2.05) is 48.5 Å². The summed E-state index contributed by atoms with van der Waals surface area (Å²) in [6, 6.07) is 15.4. The molecule has 0 amide bonds. The molecule has 0 saturated carbocycles. The molecule has 0 spiro atoms. The van der Waals surface area contributed by atoms with Gasteiger partial charge in [0, 0.05) is 10.1 Å². The van der Waals surface area contributed by atoms with Gasteiger partial charge in [0.2, 0.25) is 10.0 Å². The first-order valence-electron chi connectivity index (χ1n) is 7.42. The molecule has 0 radical (unpaired) electrons. The predicted molar refractivity (Wildman–Crippen MR) is 101 cm³/mol. The molecule has 4 nitrogen and oxygen atoms in total. The fourth-order valence-electron chi connectivity index (χ4n) is 1.96. The molecule has 0 saturated heterocycles. The number of nitrogens with one attached hydrogen (secondary N) is 1. The maximum Gasteiger partial charge on any atom is 0.215 e. The first-order chi connectivity index (χ1) is 11.0. The fourth-order valence-corrected chi connectivity index (χ4v) is 3.15. The van der Waals surface area contributed by atoms with Crippen LogP contribution in [0.1, 0.15) is 18.1 Å². The number of aryl methyl sites for hydroxylation is 1. The van der Waals surface area contributed by atoms with Crippen molar-refractivity contribution in [2.24, 2.45) is 0 Å². The summed E-state index contributed by atoms with van der Waals surface area (Å²) in [5.74, 6) is 0.627. The van der Waals surface area contributed by atoms with Gasteiger partial charge in [0.1, 0.15) is 12.4 Å². The first kappa shape index (κ1) is 18.2. The van der Waals surface area contributed by atoms with E-state index in [2.05, 4.69) is 34.2 Å². The van der Waals surface area contributed by atoms with Crippen LogP contribution in [0.15, 0.2) is 48.5 Å². The van der Waals surface area contributed by atoms with Crippen LogP contribution < -0.4 is 9.46 Å². The molecule has 0 aliphatic carbocycles. The lowest BCUT2D eigenvalue weighted by Crippen LogP contribution is -2.28. The van der Waals surface area contributed by atoms with Crippen LogP contribution in [0, 0.1) is 3.57 Å². The minimum absolute atomic E-state index is 0.0626. The van der Waals surface area contributed by atoms with Gasteiger partial charge in [-0.05, 0) is 64.4 Å². The Kier molecular flexibility index (Phi) is 6.86. The number of hydrogen-bond donors (Lipinski definition) is 1. The molecule has 1 N–H and O–H groups in total. The van der Waals surface area contributed by atoms with Gasteiger partial charge in [-0.2, -0.15) is 0 Å². The summed E-state index contributed by atoms with van der Waals surface area (Å²) in [5.41, 5.74) is 2.16. The molecule has 2 rings (SSSR count). The normalized spacial score (nSPS) is 11.4. The molecule has 0 aliphatic heterocycles. The van der Waals surface area contributed by atoms with Gasteiger partial charge in [0.25, 0.3) is 0 Å². The van der Waals surface area contributed by atoms with Gasteiger partial charge < -0.3 is 4.74 Å². The molecule has 0 bridgehead atoms. The third kappa shape index (κ3) is 6.48. The third-order valence-corrected chi connectivity index (χ3v) is 5.37. The van der Waals surface area contributed by atoms with Gasteiger partial charge in [-0.3, -0.25) is 0 Å². The minimum Gasteiger partial charge on any atom is -0.492 e. The number of rotatable bonds is 8. The average Bonchev–Trinajstić information content (AvgIpc) is 2.55. The Labute approximate surface area is 151 Å². The Balaban J connectivity index is 1.77. The number of sulfonamides is 1. The van der Waals surface area contributed by atoms with Crippen molar-refractivity contribution < 1.29 is 13.2 Å². The summed E-state index contributed by atoms with van der Waals surface area (Å²) in [6.07, 6.45) is 0.969. The lowest BCUT2D eigenvalue weighted by molar-refractivity contribution is 0.340. The molecule has 6 heteroatoms. The highest BCUT2D eigenvalue weighted by molar-refractivity contribution is 14.1. The zero-order valence-corrected chi connectivity index (χ0v) is 15.9. The molecule has 0 aromatic heterocycles. The zero-order valence-electron chi connectivity index (χ0n) is 13.0. The topological polar surface area (TPSA) is 55.4 Å². The van der Waals surface area contributed by atoms with Crippen molar-refractivity contribution in [3.05, 3.63) is 63.2 Å². The second kappa shape index (κ2) is 8.65. The smallest absolute Gasteiger partial charge is 0.215 e. The van der Waals surface area contributed by atoms with E-state index in [-0.39, 0.29) is 12.4 Å². The molecule has 0 atom stereocenters. The monoisotopic (exact) mass is 445 g/mol. The largest absolute Gasteiger partial charge is 0.492 e. The van der Waals surface area contributed by atoms with Gasteiger partial charge >= 0.3 is 0 Å². The lowest BCUT2D eigenvalue weighted by atomic mass is 10.2. The van der Waals surface area contributed by atoms with Gasteiger partial charge in [-0.15, -0.1) is 0 Å². The number of benzene rings is 2. The maximum atomic E-state index is 12.0. The van der Waals surface area contributed by atoms with Crippen LogP contribution in [0.25, 0.3) is 0 Å². The Hall–Kier alpha value is -1.12. The van der Waals surface area contributed by atoms with E-state index in [1.54, 1.807) is 0 Å². The quantitative estimate of drug-likeness (QED) is 0.635. The molecule has 0 heterocycles.